The Kier molecular flexibility index (Phi) is 5.86. The van der Waals surface area contributed by atoms with E-state index in [1.54, 1.807) is 11.1 Å². The van der Waals surface area contributed by atoms with E-state index in [1.165, 1.54) is 44.9 Å². The molecule has 4 aliphatic rings. The largest absolute Gasteiger partial charge is 0.393 e. The zero-order valence-corrected chi connectivity index (χ0v) is 20.0. The molecule has 0 spiro atoms. The lowest BCUT2D eigenvalue weighted by molar-refractivity contribution is -0.0546. The molecule has 0 aromatic rings. The first-order chi connectivity index (χ1) is 13.7. The van der Waals surface area contributed by atoms with E-state index in [-0.39, 0.29) is 6.10 Å². The number of aliphatic hydroxyl groups excluding tert-OH is 1. The second kappa shape index (κ2) is 7.85. The molecule has 3 saturated carbocycles. The first-order valence-electron chi connectivity index (χ1n) is 12.7. The van der Waals surface area contributed by atoms with Crippen molar-refractivity contribution in [2.24, 2.45) is 46.3 Å². The van der Waals surface area contributed by atoms with Crippen LogP contribution in [-0.2, 0) is 0 Å². The highest BCUT2D eigenvalue weighted by Crippen LogP contribution is 2.67. The Morgan fingerprint density at radius 1 is 1.10 bits per heavy atom. The molecule has 0 amide bonds. The second-order valence-corrected chi connectivity index (χ2v) is 12.3. The Hall–Kier alpha value is -0.560. The van der Waals surface area contributed by atoms with Crippen molar-refractivity contribution in [1.82, 2.24) is 0 Å². The number of hydrogen-bond donors (Lipinski definition) is 1. The van der Waals surface area contributed by atoms with Crippen LogP contribution in [-0.4, -0.2) is 11.2 Å². The maximum absolute atomic E-state index is 10.2. The van der Waals surface area contributed by atoms with Crippen LogP contribution in [0.15, 0.2) is 23.3 Å². The third-order valence-electron chi connectivity index (χ3n) is 10.4. The summed E-state index contributed by atoms with van der Waals surface area (Å²) in [4.78, 5) is 0. The Bertz CT molecular complexity index is 672. The molecular formula is C28H46O. The van der Waals surface area contributed by atoms with E-state index < -0.39 is 0 Å². The van der Waals surface area contributed by atoms with Gasteiger partial charge in [0.25, 0.3) is 0 Å². The summed E-state index contributed by atoms with van der Waals surface area (Å²) >= 11 is 0. The molecule has 1 nitrogen and oxygen atoms in total. The van der Waals surface area contributed by atoms with Crippen LogP contribution in [0.2, 0.25) is 0 Å². The van der Waals surface area contributed by atoms with Gasteiger partial charge in [-0.1, -0.05) is 57.9 Å². The number of rotatable bonds is 4. The predicted octanol–water partition coefficient (Wildman–Crippen LogP) is 7.55. The standard InChI is InChI=1S/C28H46O/c1-18(2)7-8-19(3)20(4)24-11-12-25-23-10-9-21-17-22(29)13-15-27(21,5)26(23)14-16-28(24,25)6/h8-9,18,20,22-26,29H,7,10-17H2,1-6H3/b19-8+/t20-,22+,23+,24-,25+,26+,27+,28-/m1/s1. The summed E-state index contributed by atoms with van der Waals surface area (Å²) in [5, 5.41) is 10.2. The molecule has 3 fully saturated rings. The van der Waals surface area contributed by atoms with E-state index in [0.29, 0.717) is 10.8 Å². The van der Waals surface area contributed by atoms with Gasteiger partial charge in [0.05, 0.1) is 6.10 Å². The van der Waals surface area contributed by atoms with Gasteiger partial charge in [-0.25, -0.2) is 0 Å². The fourth-order valence-corrected chi connectivity index (χ4v) is 8.43. The van der Waals surface area contributed by atoms with Crippen molar-refractivity contribution in [3.05, 3.63) is 23.3 Å². The van der Waals surface area contributed by atoms with Gasteiger partial charge in [-0.15, -0.1) is 0 Å². The van der Waals surface area contributed by atoms with Crippen LogP contribution in [0.4, 0.5) is 0 Å². The normalized spacial score (nSPS) is 46.0. The fourth-order valence-electron chi connectivity index (χ4n) is 8.43. The second-order valence-electron chi connectivity index (χ2n) is 12.3. The van der Waals surface area contributed by atoms with Crippen LogP contribution in [0.3, 0.4) is 0 Å². The van der Waals surface area contributed by atoms with Gasteiger partial charge in [-0.05, 0) is 111 Å². The van der Waals surface area contributed by atoms with E-state index in [9.17, 15) is 5.11 Å². The molecule has 164 valence electrons. The van der Waals surface area contributed by atoms with Crippen molar-refractivity contribution in [2.45, 2.75) is 105 Å². The molecule has 0 saturated heterocycles. The molecule has 1 heteroatoms. The van der Waals surface area contributed by atoms with Crippen LogP contribution < -0.4 is 0 Å². The summed E-state index contributed by atoms with van der Waals surface area (Å²) in [6.45, 7) is 14.8. The van der Waals surface area contributed by atoms with Gasteiger partial charge in [0.1, 0.15) is 0 Å². The van der Waals surface area contributed by atoms with E-state index in [4.69, 9.17) is 0 Å². The van der Waals surface area contributed by atoms with Crippen LogP contribution >= 0.6 is 0 Å². The van der Waals surface area contributed by atoms with Crippen molar-refractivity contribution in [3.8, 4) is 0 Å². The van der Waals surface area contributed by atoms with Crippen molar-refractivity contribution >= 4 is 0 Å². The van der Waals surface area contributed by atoms with Gasteiger partial charge in [0.2, 0.25) is 0 Å². The van der Waals surface area contributed by atoms with Crippen molar-refractivity contribution < 1.29 is 5.11 Å². The molecule has 0 unspecified atom stereocenters. The smallest absolute Gasteiger partial charge is 0.0577 e. The zero-order chi connectivity index (χ0) is 21.0. The van der Waals surface area contributed by atoms with Crippen LogP contribution in [0, 0.1) is 46.3 Å². The molecule has 0 aliphatic heterocycles. The van der Waals surface area contributed by atoms with Gasteiger partial charge < -0.3 is 5.11 Å². The highest BCUT2D eigenvalue weighted by Gasteiger charge is 2.59. The topological polar surface area (TPSA) is 20.2 Å². The first-order valence-corrected chi connectivity index (χ1v) is 12.7. The summed E-state index contributed by atoms with van der Waals surface area (Å²) in [6.07, 6.45) is 16.4. The van der Waals surface area contributed by atoms with E-state index in [0.717, 1.165) is 48.3 Å². The predicted molar refractivity (Wildman–Crippen MR) is 124 cm³/mol. The molecule has 0 aromatic carbocycles. The summed E-state index contributed by atoms with van der Waals surface area (Å²) in [7, 11) is 0. The quantitative estimate of drug-likeness (QED) is 0.484. The summed E-state index contributed by atoms with van der Waals surface area (Å²) < 4.78 is 0. The minimum Gasteiger partial charge on any atom is -0.393 e. The molecule has 0 radical (unpaired) electrons. The molecule has 0 heterocycles. The summed E-state index contributed by atoms with van der Waals surface area (Å²) in [6, 6.07) is 0. The van der Waals surface area contributed by atoms with Gasteiger partial charge in [-0.3, -0.25) is 0 Å². The molecule has 0 bridgehead atoms. The minimum absolute atomic E-state index is 0.0861. The van der Waals surface area contributed by atoms with Gasteiger partial charge in [0.15, 0.2) is 0 Å². The molecule has 1 N–H and O–H groups in total. The fraction of sp³-hybridized carbons (Fsp3) is 0.857. The third-order valence-corrected chi connectivity index (χ3v) is 10.4. The third kappa shape index (κ3) is 3.58. The van der Waals surface area contributed by atoms with E-state index >= 15 is 0 Å². The average Bonchev–Trinajstić information content (AvgIpc) is 3.03. The number of fused-ring (bicyclic) bond motifs is 5. The monoisotopic (exact) mass is 398 g/mol. The van der Waals surface area contributed by atoms with Crippen LogP contribution in [0.5, 0.6) is 0 Å². The Balaban J connectivity index is 1.55. The zero-order valence-electron chi connectivity index (χ0n) is 20.0. The number of allylic oxidation sites excluding steroid dienone is 3. The Morgan fingerprint density at radius 2 is 1.86 bits per heavy atom. The molecule has 29 heavy (non-hydrogen) atoms. The number of aliphatic hydroxyl groups is 1. The molecule has 0 aromatic heterocycles. The van der Waals surface area contributed by atoms with E-state index in [2.05, 4.69) is 53.7 Å². The first kappa shape index (κ1) is 21.7. The lowest BCUT2D eigenvalue weighted by Gasteiger charge is -2.58. The van der Waals surface area contributed by atoms with Gasteiger partial charge >= 0.3 is 0 Å². The highest BCUT2D eigenvalue weighted by atomic mass is 16.3. The van der Waals surface area contributed by atoms with Crippen LogP contribution in [0.1, 0.15) is 99.3 Å². The van der Waals surface area contributed by atoms with Crippen molar-refractivity contribution in [3.63, 3.8) is 0 Å². The lowest BCUT2D eigenvalue weighted by Crippen LogP contribution is -2.50. The minimum atomic E-state index is -0.0861. The van der Waals surface area contributed by atoms with E-state index in [1.807, 2.05) is 0 Å². The highest BCUT2D eigenvalue weighted by molar-refractivity contribution is 5.25. The van der Waals surface area contributed by atoms with Crippen molar-refractivity contribution in [2.75, 3.05) is 0 Å². The maximum atomic E-state index is 10.2. The Morgan fingerprint density at radius 3 is 2.59 bits per heavy atom. The molecule has 4 rings (SSSR count). The molecule has 8 atom stereocenters. The summed E-state index contributed by atoms with van der Waals surface area (Å²) in [5.74, 6) is 5.01. The molecule has 4 aliphatic carbocycles. The van der Waals surface area contributed by atoms with Gasteiger partial charge in [-0.2, -0.15) is 0 Å². The lowest BCUT2D eigenvalue weighted by atomic mass is 9.47. The number of hydrogen-bond acceptors (Lipinski definition) is 1. The molecular weight excluding hydrogens is 352 g/mol. The average molecular weight is 399 g/mol. The summed E-state index contributed by atoms with van der Waals surface area (Å²) in [5.41, 5.74) is 4.16. The van der Waals surface area contributed by atoms with Crippen LogP contribution in [0.25, 0.3) is 0 Å². The van der Waals surface area contributed by atoms with Crippen molar-refractivity contribution in [1.29, 1.82) is 0 Å². The maximum Gasteiger partial charge on any atom is 0.0577 e. The Labute approximate surface area is 180 Å². The SMILES string of the molecule is C/C(=C\CC(C)C)[C@@H](C)[C@H]1CC[C@H]2[C@@H]3CC=C4C[C@@H](O)CC[C@]4(C)[C@H]3CC[C@]12C. The van der Waals surface area contributed by atoms with Gasteiger partial charge in [0, 0.05) is 0 Å².